The second kappa shape index (κ2) is 7.89. The average Bonchev–Trinajstić information content (AvgIpc) is 3.09. The van der Waals surface area contributed by atoms with E-state index >= 15 is 0 Å². The van der Waals surface area contributed by atoms with Gasteiger partial charge in [-0.25, -0.2) is 8.42 Å². The van der Waals surface area contributed by atoms with E-state index in [1.807, 2.05) is 30.3 Å². The van der Waals surface area contributed by atoms with Crippen molar-refractivity contribution in [3.8, 4) is 0 Å². The fraction of sp³-hybridized carbons (Fsp3) is 0.444. The molecule has 2 aromatic rings. The Labute approximate surface area is 159 Å². The molecule has 0 spiro atoms. The standard InChI is InChI=1S/C18H24N4O4S/c1-22(24)10-8-21(9-11-22)27(25,26)12-7-18(23)17-13-19-20(15-17)14-16-5-3-2-4-6-16/h2-6,13,15H,7-12,14H2,1H3. The lowest BCUT2D eigenvalue weighted by Gasteiger charge is -2.44. The van der Waals surface area contributed by atoms with Crippen LogP contribution in [0.1, 0.15) is 22.3 Å². The number of benzene rings is 1. The molecular formula is C18H24N4O4S. The van der Waals surface area contributed by atoms with Crippen LogP contribution in [0.2, 0.25) is 0 Å². The lowest BCUT2D eigenvalue weighted by molar-refractivity contribution is -0.864. The summed E-state index contributed by atoms with van der Waals surface area (Å²) in [6, 6.07) is 9.75. The maximum absolute atomic E-state index is 12.4. The van der Waals surface area contributed by atoms with Gasteiger partial charge in [-0.2, -0.15) is 9.40 Å². The smallest absolute Gasteiger partial charge is 0.214 e. The lowest BCUT2D eigenvalue weighted by atomic mass is 10.2. The zero-order valence-corrected chi connectivity index (χ0v) is 16.1. The number of carbonyl (C=O) groups excluding carboxylic acids is 1. The first kappa shape index (κ1) is 19.7. The highest BCUT2D eigenvalue weighted by molar-refractivity contribution is 7.89. The zero-order valence-electron chi connectivity index (χ0n) is 15.3. The third kappa shape index (κ3) is 5.23. The number of sulfonamides is 1. The molecule has 146 valence electrons. The molecule has 0 amide bonds. The number of rotatable bonds is 7. The summed E-state index contributed by atoms with van der Waals surface area (Å²) in [4.78, 5) is 12.4. The molecule has 0 radical (unpaired) electrons. The Balaban J connectivity index is 1.55. The number of hydrogen-bond acceptors (Lipinski definition) is 5. The van der Waals surface area contributed by atoms with Gasteiger partial charge < -0.3 is 9.85 Å². The number of carbonyl (C=O) groups is 1. The molecule has 1 saturated heterocycles. The molecule has 1 aromatic heterocycles. The molecule has 27 heavy (non-hydrogen) atoms. The summed E-state index contributed by atoms with van der Waals surface area (Å²) in [5, 5.41) is 16.0. The van der Waals surface area contributed by atoms with E-state index in [-0.39, 0.29) is 44.1 Å². The predicted octanol–water partition coefficient (Wildman–Crippen LogP) is 1.09. The van der Waals surface area contributed by atoms with Gasteiger partial charge in [0.2, 0.25) is 10.0 Å². The molecule has 0 N–H and O–H groups in total. The maximum atomic E-state index is 12.4. The molecule has 0 aliphatic carbocycles. The van der Waals surface area contributed by atoms with Crippen LogP contribution in [0.5, 0.6) is 0 Å². The van der Waals surface area contributed by atoms with Gasteiger partial charge >= 0.3 is 0 Å². The highest BCUT2D eigenvalue weighted by atomic mass is 32.2. The molecular weight excluding hydrogens is 368 g/mol. The quantitative estimate of drug-likeness (QED) is 0.399. The summed E-state index contributed by atoms with van der Waals surface area (Å²) in [7, 11) is -2.00. The molecule has 2 heterocycles. The summed E-state index contributed by atoms with van der Waals surface area (Å²) in [5.74, 6) is -0.502. The van der Waals surface area contributed by atoms with Crippen molar-refractivity contribution in [3.63, 3.8) is 0 Å². The maximum Gasteiger partial charge on any atom is 0.214 e. The van der Waals surface area contributed by atoms with Crippen molar-refractivity contribution in [2.24, 2.45) is 0 Å². The topological polar surface area (TPSA) is 95.3 Å². The highest BCUT2D eigenvalue weighted by Crippen LogP contribution is 2.14. The van der Waals surface area contributed by atoms with Crippen molar-refractivity contribution in [1.29, 1.82) is 0 Å². The minimum absolute atomic E-state index is 0.0979. The van der Waals surface area contributed by atoms with E-state index in [1.165, 1.54) is 10.5 Å². The lowest BCUT2D eigenvalue weighted by Crippen LogP contribution is -2.55. The molecule has 0 saturated carbocycles. The monoisotopic (exact) mass is 392 g/mol. The number of likely N-dealkylation sites (N-methyl/N-ethyl adjacent to an activating group) is 1. The van der Waals surface area contributed by atoms with Crippen molar-refractivity contribution in [2.75, 3.05) is 39.0 Å². The summed E-state index contributed by atoms with van der Waals surface area (Å²) in [6.07, 6.45) is 3.02. The van der Waals surface area contributed by atoms with Crippen LogP contribution in [-0.2, 0) is 16.6 Å². The van der Waals surface area contributed by atoms with Gasteiger partial charge in [0, 0.05) is 12.6 Å². The average molecular weight is 392 g/mol. The number of quaternary nitrogens is 1. The van der Waals surface area contributed by atoms with Gasteiger partial charge in [0.25, 0.3) is 0 Å². The van der Waals surface area contributed by atoms with Gasteiger partial charge in [-0.05, 0) is 5.56 Å². The van der Waals surface area contributed by atoms with E-state index in [0.29, 0.717) is 12.1 Å². The number of Topliss-reactive ketones (excluding diaryl/α,β-unsaturated/α-hetero) is 1. The third-order valence-corrected chi connectivity index (χ3v) is 6.64. The molecule has 1 fully saturated rings. The van der Waals surface area contributed by atoms with Crippen LogP contribution < -0.4 is 0 Å². The van der Waals surface area contributed by atoms with Crippen LogP contribution in [0.25, 0.3) is 0 Å². The van der Waals surface area contributed by atoms with E-state index in [2.05, 4.69) is 5.10 Å². The SMILES string of the molecule is C[N+]1([O-])CCN(S(=O)(=O)CCC(=O)c2cnn(Cc3ccccc3)c2)CC1. The zero-order chi connectivity index (χ0) is 19.5. The van der Waals surface area contributed by atoms with Gasteiger partial charge in [0.05, 0.1) is 57.3 Å². The first-order valence-corrected chi connectivity index (χ1v) is 10.5. The van der Waals surface area contributed by atoms with Crippen molar-refractivity contribution in [3.05, 3.63) is 59.1 Å². The Bertz CT molecular complexity index is 883. The van der Waals surface area contributed by atoms with E-state index in [4.69, 9.17) is 0 Å². The van der Waals surface area contributed by atoms with Crippen LogP contribution in [0, 0.1) is 5.21 Å². The second-order valence-electron chi connectivity index (χ2n) is 7.04. The van der Waals surface area contributed by atoms with Crippen molar-refractivity contribution < 1.29 is 17.9 Å². The minimum Gasteiger partial charge on any atom is -0.633 e. The number of ketones is 1. The normalized spacial score (nSPS) is 17.7. The summed E-state index contributed by atoms with van der Waals surface area (Å²) in [5.41, 5.74) is 1.47. The van der Waals surface area contributed by atoms with Crippen molar-refractivity contribution in [2.45, 2.75) is 13.0 Å². The Morgan fingerprint density at radius 3 is 2.56 bits per heavy atom. The number of hydroxylamine groups is 3. The van der Waals surface area contributed by atoms with E-state index < -0.39 is 14.7 Å². The molecule has 1 aliphatic heterocycles. The van der Waals surface area contributed by atoms with Crippen molar-refractivity contribution >= 4 is 15.8 Å². The largest absolute Gasteiger partial charge is 0.633 e. The first-order chi connectivity index (χ1) is 12.8. The molecule has 9 heteroatoms. The molecule has 0 atom stereocenters. The van der Waals surface area contributed by atoms with Crippen LogP contribution >= 0.6 is 0 Å². The van der Waals surface area contributed by atoms with Crippen molar-refractivity contribution in [1.82, 2.24) is 14.1 Å². The number of nitrogens with zero attached hydrogens (tertiary/aromatic N) is 4. The van der Waals surface area contributed by atoms with Gasteiger partial charge in [-0.1, -0.05) is 30.3 Å². The highest BCUT2D eigenvalue weighted by Gasteiger charge is 2.30. The molecule has 0 bridgehead atoms. The fourth-order valence-electron chi connectivity index (χ4n) is 3.01. The fourth-order valence-corrected chi connectivity index (χ4v) is 4.43. The van der Waals surface area contributed by atoms with Gasteiger partial charge in [-0.15, -0.1) is 0 Å². The number of aromatic nitrogens is 2. The second-order valence-corrected chi connectivity index (χ2v) is 9.13. The Morgan fingerprint density at radius 1 is 1.22 bits per heavy atom. The van der Waals surface area contributed by atoms with Gasteiger partial charge in [-0.3, -0.25) is 9.48 Å². The molecule has 1 aliphatic rings. The van der Waals surface area contributed by atoms with E-state index in [1.54, 1.807) is 17.9 Å². The van der Waals surface area contributed by atoms with E-state index in [9.17, 15) is 18.4 Å². The number of piperazine rings is 1. The van der Waals surface area contributed by atoms with Gasteiger partial charge in [0.15, 0.2) is 5.78 Å². The Hall–Kier alpha value is -2.07. The summed E-state index contributed by atoms with van der Waals surface area (Å²) < 4.78 is 27.4. The summed E-state index contributed by atoms with van der Waals surface area (Å²) >= 11 is 0. The first-order valence-electron chi connectivity index (χ1n) is 8.88. The molecule has 8 nitrogen and oxygen atoms in total. The predicted molar refractivity (Wildman–Crippen MR) is 101 cm³/mol. The Kier molecular flexibility index (Phi) is 5.75. The Morgan fingerprint density at radius 2 is 1.89 bits per heavy atom. The van der Waals surface area contributed by atoms with Crippen LogP contribution in [0.4, 0.5) is 0 Å². The van der Waals surface area contributed by atoms with Crippen LogP contribution in [0.15, 0.2) is 42.7 Å². The van der Waals surface area contributed by atoms with Crippen LogP contribution in [-0.4, -0.2) is 71.9 Å². The van der Waals surface area contributed by atoms with E-state index in [0.717, 1.165) is 5.56 Å². The molecule has 1 aromatic carbocycles. The molecule has 0 unspecified atom stereocenters. The minimum atomic E-state index is -3.54. The third-order valence-electron chi connectivity index (χ3n) is 4.77. The number of hydrogen-bond donors (Lipinski definition) is 0. The molecule has 3 rings (SSSR count). The van der Waals surface area contributed by atoms with Crippen LogP contribution in [0.3, 0.4) is 0 Å². The summed E-state index contributed by atoms with van der Waals surface area (Å²) in [6.45, 7) is 1.42. The van der Waals surface area contributed by atoms with Gasteiger partial charge in [0.1, 0.15) is 0 Å².